The van der Waals surface area contributed by atoms with E-state index in [2.05, 4.69) is 9.97 Å². The second kappa shape index (κ2) is 6.08. The second-order valence-corrected chi connectivity index (χ2v) is 5.63. The van der Waals surface area contributed by atoms with E-state index in [0.717, 1.165) is 33.7 Å². The van der Waals surface area contributed by atoms with Crippen LogP contribution in [0.3, 0.4) is 0 Å². The van der Waals surface area contributed by atoms with Crippen molar-refractivity contribution in [2.75, 3.05) is 5.73 Å². The maximum Gasteiger partial charge on any atom is 0.142 e. The highest BCUT2D eigenvalue weighted by molar-refractivity contribution is 5.83. The van der Waals surface area contributed by atoms with E-state index >= 15 is 0 Å². The van der Waals surface area contributed by atoms with E-state index in [1.807, 2.05) is 72.8 Å². The molecule has 0 amide bonds. The van der Waals surface area contributed by atoms with Gasteiger partial charge >= 0.3 is 0 Å². The van der Waals surface area contributed by atoms with E-state index in [9.17, 15) is 0 Å². The molecule has 0 saturated heterocycles. The number of aromatic amines is 1. The number of nitrogens with one attached hydrogen (secondary N) is 1. The Morgan fingerprint density at radius 3 is 2.58 bits per heavy atom. The lowest BCUT2D eigenvalue weighted by Gasteiger charge is -2.10. The summed E-state index contributed by atoms with van der Waals surface area (Å²) < 4.78 is 6.01. The van der Waals surface area contributed by atoms with Crippen LogP contribution in [0, 0.1) is 0 Å². The van der Waals surface area contributed by atoms with Crippen molar-refractivity contribution in [1.82, 2.24) is 9.97 Å². The number of rotatable bonds is 4. The van der Waals surface area contributed by atoms with Crippen molar-refractivity contribution in [3.63, 3.8) is 0 Å². The van der Waals surface area contributed by atoms with Crippen LogP contribution in [-0.4, -0.2) is 9.97 Å². The number of imidazole rings is 1. The Hall–Kier alpha value is -3.27. The van der Waals surface area contributed by atoms with E-state index in [4.69, 9.17) is 10.5 Å². The predicted octanol–water partition coefficient (Wildman–Crippen LogP) is 4.39. The van der Waals surface area contributed by atoms with Crippen LogP contribution in [-0.2, 0) is 6.61 Å². The number of benzene rings is 3. The van der Waals surface area contributed by atoms with E-state index in [1.54, 1.807) is 0 Å². The Balaban J connectivity index is 1.67. The average Bonchev–Trinajstić information content (AvgIpc) is 3.04. The molecule has 0 fully saturated rings. The van der Waals surface area contributed by atoms with Gasteiger partial charge in [0, 0.05) is 5.69 Å². The molecule has 0 aliphatic carbocycles. The first-order valence-corrected chi connectivity index (χ1v) is 7.81. The third-order valence-electron chi connectivity index (χ3n) is 3.89. The van der Waals surface area contributed by atoms with Crippen LogP contribution in [0.15, 0.2) is 72.8 Å². The summed E-state index contributed by atoms with van der Waals surface area (Å²) in [4.78, 5) is 7.97. The van der Waals surface area contributed by atoms with Crippen LogP contribution >= 0.6 is 0 Å². The number of para-hydroxylation sites is 1. The molecular weight excluding hydrogens is 298 g/mol. The van der Waals surface area contributed by atoms with Gasteiger partial charge in [0.1, 0.15) is 18.2 Å². The highest BCUT2D eigenvalue weighted by Crippen LogP contribution is 2.30. The molecule has 118 valence electrons. The second-order valence-electron chi connectivity index (χ2n) is 5.63. The molecule has 0 atom stereocenters. The zero-order chi connectivity index (χ0) is 16.4. The van der Waals surface area contributed by atoms with Crippen molar-refractivity contribution in [2.24, 2.45) is 0 Å². The third-order valence-corrected chi connectivity index (χ3v) is 3.89. The third kappa shape index (κ3) is 2.82. The first kappa shape index (κ1) is 14.3. The summed E-state index contributed by atoms with van der Waals surface area (Å²) in [7, 11) is 0. The summed E-state index contributed by atoms with van der Waals surface area (Å²) in [5, 5.41) is 0. The minimum atomic E-state index is 0.519. The first-order valence-electron chi connectivity index (χ1n) is 7.81. The Labute approximate surface area is 139 Å². The molecule has 3 aromatic carbocycles. The standard InChI is InChI=1S/C20H17N3O/c21-15-10-11-17-18(12-15)23-20(22-17)16-8-4-5-9-19(16)24-13-14-6-2-1-3-7-14/h1-12H,13,21H2,(H,22,23). The van der Waals surface area contributed by atoms with Crippen molar-refractivity contribution in [3.8, 4) is 17.1 Å². The molecule has 24 heavy (non-hydrogen) atoms. The van der Waals surface area contributed by atoms with E-state index in [0.29, 0.717) is 12.3 Å². The molecule has 0 spiro atoms. The molecule has 4 aromatic rings. The molecule has 4 rings (SSSR count). The van der Waals surface area contributed by atoms with Crippen molar-refractivity contribution < 1.29 is 4.74 Å². The molecule has 1 heterocycles. The summed E-state index contributed by atoms with van der Waals surface area (Å²) >= 11 is 0. The number of H-pyrrole nitrogens is 1. The number of nitrogens with zero attached hydrogens (tertiary/aromatic N) is 1. The number of hydrogen-bond donors (Lipinski definition) is 2. The topological polar surface area (TPSA) is 63.9 Å². The van der Waals surface area contributed by atoms with E-state index in [-0.39, 0.29) is 0 Å². The lowest BCUT2D eigenvalue weighted by atomic mass is 10.2. The van der Waals surface area contributed by atoms with Gasteiger partial charge in [0.2, 0.25) is 0 Å². The van der Waals surface area contributed by atoms with Crippen LogP contribution in [0.4, 0.5) is 5.69 Å². The maximum atomic E-state index is 6.01. The average molecular weight is 315 g/mol. The molecule has 0 radical (unpaired) electrons. The summed E-state index contributed by atoms with van der Waals surface area (Å²) in [5.41, 5.74) is 10.4. The molecule has 0 bridgehead atoms. The number of hydrogen-bond acceptors (Lipinski definition) is 3. The van der Waals surface area contributed by atoms with Crippen LogP contribution in [0.5, 0.6) is 5.75 Å². The van der Waals surface area contributed by atoms with Gasteiger partial charge in [-0.05, 0) is 35.9 Å². The molecule has 0 unspecified atom stereocenters. The molecular formula is C20H17N3O. The van der Waals surface area contributed by atoms with Crippen LogP contribution < -0.4 is 10.5 Å². The quantitative estimate of drug-likeness (QED) is 0.549. The summed E-state index contributed by atoms with van der Waals surface area (Å²) in [6, 6.07) is 23.7. The lowest BCUT2D eigenvalue weighted by molar-refractivity contribution is 0.307. The van der Waals surface area contributed by atoms with Gasteiger partial charge in [-0.3, -0.25) is 0 Å². The van der Waals surface area contributed by atoms with E-state index in [1.165, 1.54) is 0 Å². The fourth-order valence-corrected chi connectivity index (χ4v) is 2.68. The molecule has 4 heteroatoms. The smallest absolute Gasteiger partial charge is 0.142 e. The number of anilines is 1. The van der Waals surface area contributed by atoms with Crippen molar-refractivity contribution in [3.05, 3.63) is 78.4 Å². The Morgan fingerprint density at radius 1 is 0.917 bits per heavy atom. The van der Waals surface area contributed by atoms with Gasteiger partial charge < -0.3 is 15.5 Å². The SMILES string of the molecule is Nc1ccc2nc(-c3ccccc3OCc3ccccc3)[nH]c2c1. The van der Waals surface area contributed by atoms with Gasteiger partial charge in [0.25, 0.3) is 0 Å². The van der Waals surface area contributed by atoms with E-state index < -0.39 is 0 Å². The number of nitrogen functional groups attached to an aromatic ring is 1. The lowest BCUT2D eigenvalue weighted by Crippen LogP contribution is -1.97. The molecule has 3 N–H and O–H groups in total. The number of fused-ring (bicyclic) bond motifs is 1. The van der Waals surface area contributed by atoms with Gasteiger partial charge in [-0.2, -0.15) is 0 Å². The summed E-state index contributed by atoms with van der Waals surface area (Å²) in [6.45, 7) is 0.519. The number of nitrogens with two attached hydrogens (primary N) is 1. The van der Waals surface area contributed by atoms with Crippen molar-refractivity contribution in [1.29, 1.82) is 0 Å². The van der Waals surface area contributed by atoms with Crippen molar-refractivity contribution >= 4 is 16.7 Å². The Morgan fingerprint density at radius 2 is 1.71 bits per heavy atom. The molecule has 0 aliphatic heterocycles. The number of ether oxygens (including phenoxy) is 1. The first-order chi connectivity index (χ1) is 11.8. The molecule has 0 aliphatic rings. The molecule has 0 saturated carbocycles. The largest absolute Gasteiger partial charge is 0.488 e. The van der Waals surface area contributed by atoms with Gasteiger partial charge in [0.15, 0.2) is 0 Å². The zero-order valence-corrected chi connectivity index (χ0v) is 13.1. The summed E-state index contributed by atoms with van der Waals surface area (Å²) in [5.74, 6) is 1.58. The van der Waals surface area contributed by atoms with Crippen molar-refractivity contribution in [2.45, 2.75) is 6.61 Å². The van der Waals surface area contributed by atoms with Gasteiger partial charge in [-0.25, -0.2) is 4.98 Å². The monoisotopic (exact) mass is 315 g/mol. The van der Waals surface area contributed by atoms with Crippen LogP contribution in [0.25, 0.3) is 22.4 Å². The predicted molar refractivity (Wildman–Crippen MR) is 96.7 cm³/mol. The maximum absolute atomic E-state index is 6.01. The van der Waals surface area contributed by atoms with Crippen LogP contribution in [0.2, 0.25) is 0 Å². The molecule has 4 nitrogen and oxygen atoms in total. The normalized spacial score (nSPS) is 10.8. The number of aromatic nitrogens is 2. The minimum Gasteiger partial charge on any atom is -0.488 e. The zero-order valence-electron chi connectivity index (χ0n) is 13.1. The van der Waals surface area contributed by atoms with Crippen LogP contribution in [0.1, 0.15) is 5.56 Å². The summed E-state index contributed by atoms with van der Waals surface area (Å²) in [6.07, 6.45) is 0. The fourth-order valence-electron chi connectivity index (χ4n) is 2.68. The Bertz CT molecular complexity index is 977. The minimum absolute atomic E-state index is 0.519. The van der Waals surface area contributed by atoms with Gasteiger partial charge in [0.05, 0.1) is 16.6 Å². The Kier molecular flexibility index (Phi) is 3.63. The fraction of sp³-hybridized carbons (Fsp3) is 0.0500. The molecule has 1 aromatic heterocycles. The highest BCUT2D eigenvalue weighted by Gasteiger charge is 2.11. The highest BCUT2D eigenvalue weighted by atomic mass is 16.5. The van der Waals surface area contributed by atoms with Gasteiger partial charge in [-0.1, -0.05) is 42.5 Å². The van der Waals surface area contributed by atoms with Gasteiger partial charge in [-0.15, -0.1) is 0 Å².